The van der Waals surface area contributed by atoms with Crippen molar-refractivity contribution in [3.05, 3.63) is 22.4 Å². The van der Waals surface area contributed by atoms with Crippen LogP contribution in [0.25, 0.3) is 0 Å². The quantitative estimate of drug-likeness (QED) is 0.788. The Bertz CT molecular complexity index is 352. The first-order valence-corrected chi connectivity index (χ1v) is 4.99. The van der Waals surface area contributed by atoms with Crippen molar-refractivity contribution in [2.24, 2.45) is 5.73 Å². The van der Waals surface area contributed by atoms with E-state index in [0.717, 1.165) is 10.3 Å². The zero-order valence-corrected chi connectivity index (χ0v) is 9.63. The molecule has 0 aliphatic carbocycles. The first-order valence-electron chi connectivity index (χ1n) is 4.20. The second-order valence-corrected chi connectivity index (χ2v) is 3.86. The molecule has 5 heteroatoms. The van der Waals surface area contributed by atoms with Gasteiger partial charge in [0.05, 0.1) is 17.4 Å². The van der Waals surface area contributed by atoms with Crippen LogP contribution >= 0.6 is 15.9 Å². The lowest BCUT2D eigenvalue weighted by molar-refractivity contribution is -0.117. The molecule has 0 spiro atoms. The van der Waals surface area contributed by atoms with E-state index in [1.807, 2.05) is 6.92 Å². The summed E-state index contributed by atoms with van der Waals surface area (Å²) in [6.07, 6.45) is 0. The molecular weight excluding hydrogens is 246 g/mol. The van der Waals surface area contributed by atoms with Gasteiger partial charge in [0.25, 0.3) is 0 Å². The third kappa shape index (κ3) is 2.78. The number of aryl methyl sites for hydroxylation is 1. The van der Waals surface area contributed by atoms with Crippen LogP contribution in [-0.4, -0.2) is 16.9 Å². The average molecular weight is 258 g/mol. The predicted molar refractivity (Wildman–Crippen MR) is 59.0 cm³/mol. The van der Waals surface area contributed by atoms with Crippen molar-refractivity contribution in [3.8, 4) is 0 Å². The van der Waals surface area contributed by atoms with Gasteiger partial charge in [-0.1, -0.05) is 0 Å². The number of carbonyl (C=O) groups excluding carboxylic acids is 1. The normalized spacial score (nSPS) is 12.3. The van der Waals surface area contributed by atoms with Crippen LogP contribution in [0, 0.1) is 6.92 Å². The van der Waals surface area contributed by atoms with Gasteiger partial charge in [-0.3, -0.25) is 4.79 Å². The summed E-state index contributed by atoms with van der Waals surface area (Å²) in [7, 11) is 0. The van der Waals surface area contributed by atoms with Crippen LogP contribution in [0.5, 0.6) is 0 Å². The highest BCUT2D eigenvalue weighted by molar-refractivity contribution is 9.10. The lowest BCUT2D eigenvalue weighted by atomic mass is 10.3. The molecule has 0 aliphatic rings. The molecule has 0 bridgehead atoms. The number of nitrogens with two attached hydrogens (primary N) is 1. The number of anilines is 1. The van der Waals surface area contributed by atoms with Crippen molar-refractivity contribution in [1.82, 2.24) is 4.98 Å². The molecule has 0 fully saturated rings. The average Bonchev–Trinajstić information content (AvgIpc) is 2.09. The van der Waals surface area contributed by atoms with Crippen LogP contribution in [0.2, 0.25) is 0 Å². The number of nitrogens with zero attached hydrogens (tertiary/aromatic N) is 1. The Morgan fingerprint density at radius 1 is 1.64 bits per heavy atom. The molecule has 1 unspecified atom stereocenters. The largest absolute Gasteiger partial charge is 0.323 e. The van der Waals surface area contributed by atoms with E-state index in [1.54, 1.807) is 19.1 Å². The van der Waals surface area contributed by atoms with Gasteiger partial charge in [-0.2, -0.15) is 0 Å². The zero-order chi connectivity index (χ0) is 10.7. The highest BCUT2D eigenvalue weighted by Crippen LogP contribution is 2.15. The van der Waals surface area contributed by atoms with E-state index in [4.69, 9.17) is 5.73 Å². The molecule has 1 amide bonds. The van der Waals surface area contributed by atoms with Gasteiger partial charge in [0.15, 0.2) is 0 Å². The lowest BCUT2D eigenvalue weighted by Gasteiger charge is -2.09. The minimum atomic E-state index is -0.516. The van der Waals surface area contributed by atoms with Gasteiger partial charge >= 0.3 is 0 Å². The zero-order valence-electron chi connectivity index (χ0n) is 8.04. The number of hydrogen-bond acceptors (Lipinski definition) is 3. The van der Waals surface area contributed by atoms with Crippen molar-refractivity contribution in [1.29, 1.82) is 0 Å². The molecule has 0 aliphatic heterocycles. The number of halogens is 1. The summed E-state index contributed by atoms with van der Waals surface area (Å²) in [5, 5.41) is 2.69. The SMILES string of the molecule is Cc1nc(Br)ccc1NC(=O)C(C)N. The maximum atomic E-state index is 11.3. The molecule has 0 saturated carbocycles. The van der Waals surface area contributed by atoms with Crippen LogP contribution in [0.1, 0.15) is 12.6 Å². The van der Waals surface area contributed by atoms with Crippen LogP contribution in [0.3, 0.4) is 0 Å². The number of aromatic nitrogens is 1. The molecule has 0 aromatic carbocycles. The number of amides is 1. The summed E-state index contributed by atoms with van der Waals surface area (Å²) < 4.78 is 0.744. The second kappa shape index (κ2) is 4.52. The maximum Gasteiger partial charge on any atom is 0.241 e. The number of pyridine rings is 1. The molecule has 1 rings (SSSR count). The molecule has 1 atom stereocenters. The smallest absolute Gasteiger partial charge is 0.241 e. The van der Waals surface area contributed by atoms with Gasteiger partial charge in [-0.25, -0.2) is 4.98 Å². The molecular formula is C9H12BrN3O. The van der Waals surface area contributed by atoms with E-state index in [0.29, 0.717) is 5.69 Å². The molecule has 0 radical (unpaired) electrons. The van der Waals surface area contributed by atoms with E-state index in [9.17, 15) is 4.79 Å². The lowest BCUT2D eigenvalue weighted by Crippen LogP contribution is -2.32. The Kier molecular flexibility index (Phi) is 3.60. The number of carbonyl (C=O) groups is 1. The summed E-state index contributed by atoms with van der Waals surface area (Å²) >= 11 is 3.24. The third-order valence-corrected chi connectivity index (χ3v) is 2.16. The Morgan fingerprint density at radius 3 is 2.79 bits per heavy atom. The maximum absolute atomic E-state index is 11.3. The fourth-order valence-corrected chi connectivity index (χ4v) is 1.31. The summed E-state index contributed by atoms with van der Waals surface area (Å²) in [5.41, 5.74) is 6.87. The molecule has 1 heterocycles. The van der Waals surface area contributed by atoms with Crippen molar-refractivity contribution < 1.29 is 4.79 Å². The van der Waals surface area contributed by atoms with Crippen molar-refractivity contribution in [2.45, 2.75) is 19.9 Å². The monoisotopic (exact) mass is 257 g/mol. The summed E-state index contributed by atoms with van der Waals surface area (Å²) in [6, 6.07) is 3.04. The molecule has 76 valence electrons. The highest BCUT2D eigenvalue weighted by Gasteiger charge is 2.09. The number of nitrogens with one attached hydrogen (secondary N) is 1. The van der Waals surface area contributed by atoms with Gasteiger partial charge in [-0.05, 0) is 41.9 Å². The van der Waals surface area contributed by atoms with E-state index < -0.39 is 6.04 Å². The molecule has 4 nitrogen and oxygen atoms in total. The Labute approximate surface area is 91.0 Å². The topological polar surface area (TPSA) is 68.0 Å². The fraction of sp³-hybridized carbons (Fsp3) is 0.333. The van der Waals surface area contributed by atoms with Gasteiger partial charge in [0.2, 0.25) is 5.91 Å². The van der Waals surface area contributed by atoms with Gasteiger partial charge < -0.3 is 11.1 Å². The van der Waals surface area contributed by atoms with Crippen LogP contribution in [0.15, 0.2) is 16.7 Å². The minimum Gasteiger partial charge on any atom is -0.323 e. The summed E-state index contributed by atoms with van der Waals surface area (Å²) in [5.74, 6) is -0.211. The first kappa shape index (κ1) is 11.1. The van der Waals surface area contributed by atoms with E-state index in [2.05, 4.69) is 26.2 Å². The number of hydrogen-bond donors (Lipinski definition) is 2. The Hall–Kier alpha value is -0.940. The standard InChI is InChI=1S/C9H12BrN3O/c1-5(11)9(14)13-7-3-4-8(10)12-6(7)2/h3-5H,11H2,1-2H3,(H,13,14). The first-order chi connectivity index (χ1) is 6.50. The number of rotatable bonds is 2. The Balaban J connectivity index is 2.82. The van der Waals surface area contributed by atoms with Gasteiger partial charge in [0, 0.05) is 0 Å². The van der Waals surface area contributed by atoms with E-state index >= 15 is 0 Å². The molecule has 1 aromatic rings. The van der Waals surface area contributed by atoms with E-state index in [1.165, 1.54) is 0 Å². The predicted octanol–water partition coefficient (Wildman–Crippen LogP) is 1.44. The highest BCUT2D eigenvalue weighted by atomic mass is 79.9. The van der Waals surface area contributed by atoms with Crippen LogP contribution < -0.4 is 11.1 Å². The van der Waals surface area contributed by atoms with Gasteiger partial charge in [0.1, 0.15) is 4.60 Å². The van der Waals surface area contributed by atoms with Gasteiger partial charge in [-0.15, -0.1) is 0 Å². The minimum absolute atomic E-state index is 0.211. The van der Waals surface area contributed by atoms with Crippen molar-refractivity contribution in [3.63, 3.8) is 0 Å². The molecule has 3 N–H and O–H groups in total. The van der Waals surface area contributed by atoms with Crippen LogP contribution in [-0.2, 0) is 4.79 Å². The molecule has 1 aromatic heterocycles. The molecule has 14 heavy (non-hydrogen) atoms. The third-order valence-electron chi connectivity index (χ3n) is 1.72. The van der Waals surface area contributed by atoms with Crippen LogP contribution in [0.4, 0.5) is 5.69 Å². The molecule has 0 saturated heterocycles. The summed E-state index contributed by atoms with van der Waals surface area (Å²) in [6.45, 7) is 3.46. The Morgan fingerprint density at radius 2 is 2.29 bits per heavy atom. The second-order valence-electron chi connectivity index (χ2n) is 3.04. The summed E-state index contributed by atoms with van der Waals surface area (Å²) in [4.78, 5) is 15.4. The van der Waals surface area contributed by atoms with E-state index in [-0.39, 0.29) is 5.91 Å². The van der Waals surface area contributed by atoms with Crippen molar-refractivity contribution in [2.75, 3.05) is 5.32 Å². The fourth-order valence-electron chi connectivity index (χ4n) is 0.909. The van der Waals surface area contributed by atoms with Crippen molar-refractivity contribution >= 4 is 27.5 Å².